The average molecular weight is 422 g/mol. The lowest BCUT2D eigenvalue weighted by atomic mass is 10.1. The van der Waals surface area contributed by atoms with Crippen LogP contribution in [0.25, 0.3) is 11.0 Å². The number of ether oxygens (including phenoxy) is 1. The molecular formula is C23H26N4O4. The summed E-state index contributed by atoms with van der Waals surface area (Å²) in [6, 6.07) is 12.5. The quantitative estimate of drug-likeness (QED) is 0.603. The Morgan fingerprint density at radius 2 is 1.87 bits per heavy atom. The summed E-state index contributed by atoms with van der Waals surface area (Å²) in [5.41, 5.74) is 1.50. The summed E-state index contributed by atoms with van der Waals surface area (Å²) < 4.78 is 7.84. The highest BCUT2D eigenvalue weighted by atomic mass is 16.5. The molecule has 0 spiro atoms. The molecule has 2 N–H and O–H groups in total. The van der Waals surface area contributed by atoms with E-state index < -0.39 is 11.6 Å². The van der Waals surface area contributed by atoms with Crippen LogP contribution in [0.1, 0.15) is 33.6 Å². The fourth-order valence-corrected chi connectivity index (χ4v) is 3.51. The van der Waals surface area contributed by atoms with Gasteiger partial charge in [-0.1, -0.05) is 6.07 Å². The molecule has 1 aromatic heterocycles. The Bertz CT molecular complexity index is 1160. The van der Waals surface area contributed by atoms with Crippen molar-refractivity contribution in [1.82, 2.24) is 9.55 Å². The minimum absolute atomic E-state index is 0.00790. The zero-order chi connectivity index (χ0) is 22.3. The number of carboxylic acid groups (broad SMARTS) is 1. The minimum Gasteiger partial charge on any atom is -0.465 e. The lowest BCUT2D eigenvalue weighted by Crippen LogP contribution is -2.45. The van der Waals surface area contributed by atoms with Crippen molar-refractivity contribution < 1.29 is 19.4 Å². The number of fused-ring (bicyclic) bond motifs is 1. The van der Waals surface area contributed by atoms with E-state index in [4.69, 9.17) is 4.74 Å². The number of benzene rings is 2. The number of amides is 2. The van der Waals surface area contributed by atoms with Gasteiger partial charge in [-0.25, -0.2) is 9.78 Å². The second kappa shape index (κ2) is 7.61. The zero-order valence-electron chi connectivity index (χ0n) is 18.0. The Hall–Kier alpha value is -3.55. The molecule has 1 heterocycles. The first-order chi connectivity index (χ1) is 14.6. The highest BCUT2D eigenvalue weighted by Crippen LogP contribution is 2.33. The molecule has 0 radical (unpaired) electrons. The van der Waals surface area contributed by atoms with Crippen molar-refractivity contribution in [1.29, 1.82) is 0 Å². The van der Waals surface area contributed by atoms with E-state index in [0.717, 1.165) is 23.9 Å². The third-order valence-electron chi connectivity index (χ3n) is 5.21. The predicted molar refractivity (Wildman–Crippen MR) is 119 cm³/mol. The monoisotopic (exact) mass is 422 g/mol. The largest absolute Gasteiger partial charge is 0.465 e. The van der Waals surface area contributed by atoms with Crippen LogP contribution in [-0.4, -0.2) is 32.2 Å². The first-order valence-corrected chi connectivity index (χ1v) is 10.2. The molecule has 1 saturated carbocycles. The Morgan fingerprint density at radius 3 is 2.52 bits per heavy atom. The van der Waals surface area contributed by atoms with E-state index in [-0.39, 0.29) is 11.8 Å². The lowest BCUT2D eigenvalue weighted by Gasteiger charge is -2.33. The number of carbonyl (C=O) groups excluding carboxylic acids is 1. The summed E-state index contributed by atoms with van der Waals surface area (Å²) in [7, 11) is 1.84. The Kier molecular flexibility index (Phi) is 5.08. The van der Waals surface area contributed by atoms with Gasteiger partial charge in [0.15, 0.2) is 0 Å². The molecule has 4 rings (SSSR count). The van der Waals surface area contributed by atoms with Gasteiger partial charge in [0.1, 0.15) is 11.5 Å². The summed E-state index contributed by atoms with van der Waals surface area (Å²) in [6.07, 6.45) is 0.838. The van der Waals surface area contributed by atoms with Gasteiger partial charge in [-0.05, 0) is 57.9 Å². The van der Waals surface area contributed by atoms with Crippen LogP contribution in [0.2, 0.25) is 0 Å². The Morgan fingerprint density at radius 1 is 1.16 bits per heavy atom. The van der Waals surface area contributed by atoms with Gasteiger partial charge in [-0.3, -0.25) is 15.0 Å². The zero-order valence-corrected chi connectivity index (χ0v) is 18.0. The summed E-state index contributed by atoms with van der Waals surface area (Å²) in [5, 5.41) is 12.5. The fourth-order valence-electron chi connectivity index (χ4n) is 3.51. The second-order valence-corrected chi connectivity index (χ2v) is 8.80. The molecule has 8 heteroatoms. The predicted octanol–water partition coefficient (Wildman–Crippen LogP) is 5.00. The van der Waals surface area contributed by atoms with Crippen LogP contribution in [0.5, 0.6) is 11.5 Å². The normalized spacial score (nSPS) is 13.8. The smallest absolute Gasteiger partial charge is 0.412 e. The maximum absolute atomic E-state index is 12.1. The van der Waals surface area contributed by atoms with Crippen molar-refractivity contribution in [3.63, 3.8) is 0 Å². The number of imidazole rings is 1. The van der Waals surface area contributed by atoms with Crippen molar-refractivity contribution in [2.75, 3.05) is 10.2 Å². The van der Waals surface area contributed by atoms with Crippen LogP contribution >= 0.6 is 0 Å². The standard InChI is InChI=1S/C23H26N4O4/c1-23(2,3)27(22(29)30)15-6-5-7-16(12-15)31-17-10-11-18-19(13-17)26(4)21(24-18)25-20(28)14-8-9-14/h5-7,10-14H,8-9H2,1-4H3,(H,29,30)(H,24,25,28). The van der Waals surface area contributed by atoms with Crippen molar-refractivity contribution in [2.24, 2.45) is 13.0 Å². The molecule has 0 atom stereocenters. The summed E-state index contributed by atoms with van der Waals surface area (Å²) >= 11 is 0. The van der Waals surface area contributed by atoms with E-state index in [9.17, 15) is 14.7 Å². The maximum Gasteiger partial charge on any atom is 0.412 e. The van der Waals surface area contributed by atoms with Crippen molar-refractivity contribution in [3.8, 4) is 11.5 Å². The number of nitrogens with zero attached hydrogens (tertiary/aromatic N) is 3. The third-order valence-corrected chi connectivity index (χ3v) is 5.21. The number of carbonyl (C=O) groups is 2. The van der Waals surface area contributed by atoms with Gasteiger partial charge in [-0.2, -0.15) is 0 Å². The molecule has 8 nitrogen and oxygen atoms in total. The van der Waals surface area contributed by atoms with E-state index in [1.165, 1.54) is 4.90 Å². The van der Waals surface area contributed by atoms with E-state index in [1.54, 1.807) is 30.3 Å². The molecule has 31 heavy (non-hydrogen) atoms. The van der Waals surface area contributed by atoms with Crippen molar-refractivity contribution >= 4 is 34.7 Å². The van der Waals surface area contributed by atoms with Crippen LogP contribution in [-0.2, 0) is 11.8 Å². The van der Waals surface area contributed by atoms with Gasteiger partial charge in [0.25, 0.3) is 0 Å². The third kappa shape index (κ3) is 4.33. The highest BCUT2D eigenvalue weighted by molar-refractivity contribution is 5.94. The van der Waals surface area contributed by atoms with Crippen LogP contribution in [0.15, 0.2) is 42.5 Å². The first kappa shape index (κ1) is 20.7. The lowest BCUT2D eigenvalue weighted by molar-refractivity contribution is -0.117. The number of anilines is 2. The molecule has 1 aliphatic rings. The van der Waals surface area contributed by atoms with Crippen molar-refractivity contribution in [3.05, 3.63) is 42.5 Å². The Labute approximate surface area is 180 Å². The average Bonchev–Trinajstić information content (AvgIpc) is 3.48. The summed E-state index contributed by atoms with van der Waals surface area (Å²) in [4.78, 5) is 29.7. The van der Waals surface area contributed by atoms with E-state index in [1.807, 2.05) is 44.5 Å². The number of nitrogens with one attached hydrogen (secondary N) is 1. The van der Waals surface area contributed by atoms with Gasteiger partial charge in [-0.15, -0.1) is 0 Å². The molecule has 0 aliphatic heterocycles. The van der Waals surface area contributed by atoms with E-state index in [2.05, 4.69) is 10.3 Å². The molecule has 2 aromatic carbocycles. The van der Waals surface area contributed by atoms with Crippen molar-refractivity contribution in [2.45, 2.75) is 39.2 Å². The first-order valence-electron chi connectivity index (χ1n) is 10.2. The number of rotatable bonds is 5. The van der Waals surface area contributed by atoms with Gasteiger partial charge >= 0.3 is 6.09 Å². The topological polar surface area (TPSA) is 96.7 Å². The SMILES string of the molecule is Cn1c(NC(=O)C2CC2)nc2ccc(Oc3cccc(N(C(=O)O)C(C)(C)C)c3)cc21. The molecule has 3 aromatic rings. The van der Waals surface area contributed by atoms with Gasteiger partial charge < -0.3 is 14.4 Å². The molecule has 0 unspecified atom stereocenters. The summed E-state index contributed by atoms with van der Waals surface area (Å²) in [5.74, 6) is 1.73. The second-order valence-electron chi connectivity index (χ2n) is 8.80. The number of aromatic nitrogens is 2. The molecular weight excluding hydrogens is 396 g/mol. The van der Waals surface area contributed by atoms with E-state index in [0.29, 0.717) is 23.1 Å². The molecule has 0 bridgehead atoms. The van der Waals surface area contributed by atoms with Crippen LogP contribution in [0.3, 0.4) is 0 Å². The van der Waals surface area contributed by atoms with Gasteiger partial charge in [0.2, 0.25) is 11.9 Å². The van der Waals surface area contributed by atoms with Crippen LogP contribution < -0.4 is 15.0 Å². The van der Waals surface area contributed by atoms with Crippen LogP contribution in [0.4, 0.5) is 16.4 Å². The Balaban J connectivity index is 1.59. The molecule has 0 saturated heterocycles. The number of hydrogen-bond acceptors (Lipinski definition) is 4. The summed E-state index contributed by atoms with van der Waals surface area (Å²) in [6.45, 7) is 5.51. The number of aryl methyl sites for hydroxylation is 1. The van der Waals surface area contributed by atoms with Crippen LogP contribution in [0, 0.1) is 5.92 Å². The molecule has 162 valence electrons. The maximum atomic E-state index is 12.1. The molecule has 2 amide bonds. The van der Waals surface area contributed by atoms with Gasteiger partial charge in [0, 0.05) is 30.6 Å². The van der Waals surface area contributed by atoms with E-state index >= 15 is 0 Å². The highest BCUT2D eigenvalue weighted by Gasteiger charge is 2.30. The van der Waals surface area contributed by atoms with Gasteiger partial charge in [0.05, 0.1) is 16.7 Å². The number of hydrogen-bond donors (Lipinski definition) is 2. The fraction of sp³-hybridized carbons (Fsp3) is 0.348. The molecule has 1 aliphatic carbocycles. The minimum atomic E-state index is -1.03. The molecule has 1 fully saturated rings.